The van der Waals surface area contributed by atoms with Crippen molar-refractivity contribution in [2.75, 3.05) is 7.05 Å². The summed E-state index contributed by atoms with van der Waals surface area (Å²) < 4.78 is 5.65. The van der Waals surface area contributed by atoms with Crippen molar-refractivity contribution in [2.45, 2.75) is 0 Å². The van der Waals surface area contributed by atoms with Crippen molar-refractivity contribution in [2.24, 2.45) is 4.99 Å². The van der Waals surface area contributed by atoms with Crippen molar-refractivity contribution in [1.29, 1.82) is 0 Å². The van der Waals surface area contributed by atoms with E-state index in [1.54, 1.807) is 6.20 Å². The molecule has 14 heavy (non-hydrogen) atoms. The maximum absolute atomic E-state index is 5.65. The minimum atomic E-state index is 0.770. The fraction of sp³-hybridized carbons (Fsp3) is 0.100. The van der Waals surface area contributed by atoms with E-state index in [4.69, 9.17) is 4.74 Å². The minimum Gasteiger partial charge on any atom is -0.450 e. The lowest BCUT2D eigenvalue weighted by atomic mass is 10.2. The van der Waals surface area contributed by atoms with E-state index in [1.807, 2.05) is 36.3 Å². The van der Waals surface area contributed by atoms with Gasteiger partial charge in [-0.05, 0) is 12.1 Å². The van der Waals surface area contributed by atoms with Crippen LogP contribution in [-0.4, -0.2) is 17.9 Å². The lowest BCUT2D eigenvalue weighted by molar-refractivity contribution is 0.429. The molecule has 3 rings (SSSR count). The van der Waals surface area contributed by atoms with Gasteiger partial charge in [0.25, 0.3) is 0 Å². The lowest BCUT2D eigenvalue weighted by Gasteiger charge is -2.19. The van der Waals surface area contributed by atoms with Crippen LogP contribution in [0.5, 0.6) is 5.75 Å². The van der Waals surface area contributed by atoms with Gasteiger partial charge in [0.1, 0.15) is 5.69 Å². The first-order valence-corrected chi connectivity index (χ1v) is 4.40. The second-order valence-electron chi connectivity index (χ2n) is 3.20. The fourth-order valence-corrected chi connectivity index (χ4v) is 1.52. The predicted octanol–water partition coefficient (Wildman–Crippen LogP) is 1.40. The molecule has 0 saturated carbocycles. The molecule has 0 unspecified atom stereocenters. The van der Waals surface area contributed by atoms with Crippen LogP contribution in [0.25, 0.3) is 0 Å². The quantitative estimate of drug-likeness (QED) is 0.667. The van der Waals surface area contributed by atoms with Crippen LogP contribution in [-0.2, 0) is 0 Å². The molecule has 2 aliphatic rings. The van der Waals surface area contributed by atoms with E-state index in [-0.39, 0.29) is 0 Å². The van der Waals surface area contributed by atoms with E-state index in [0.717, 1.165) is 23.0 Å². The molecule has 4 nitrogen and oxygen atoms in total. The number of amidine groups is 1. The Balaban J connectivity index is 2.16. The summed E-state index contributed by atoms with van der Waals surface area (Å²) in [5, 5.41) is 1.82. The molecule has 0 bridgehead atoms. The average Bonchev–Trinajstić information content (AvgIpc) is 2.57. The Hall–Kier alpha value is -1.97. The van der Waals surface area contributed by atoms with Crippen LogP contribution in [0.2, 0.25) is 0 Å². The number of hydrazine groups is 1. The molecule has 0 saturated heterocycles. The monoisotopic (exact) mass is 187 g/mol. The van der Waals surface area contributed by atoms with Gasteiger partial charge < -0.3 is 10.2 Å². The first kappa shape index (κ1) is 7.44. The van der Waals surface area contributed by atoms with Crippen molar-refractivity contribution in [3.8, 4) is 5.75 Å². The van der Waals surface area contributed by atoms with Gasteiger partial charge in [-0.3, -0.25) is 5.01 Å². The molecule has 1 N–H and O–H groups in total. The fourth-order valence-electron chi connectivity index (χ4n) is 1.52. The van der Waals surface area contributed by atoms with Crippen molar-refractivity contribution in [1.82, 2.24) is 10.4 Å². The highest BCUT2D eigenvalue weighted by Crippen LogP contribution is 2.34. The summed E-state index contributed by atoms with van der Waals surface area (Å²) in [6, 6.07) is 7.73. The number of rotatable bonds is 0. The number of fused-ring (bicyclic) bond motifs is 2. The molecule has 4 heteroatoms. The number of nitrogens with zero attached hydrogens (tertiary/aromatic N) is 2. The molecule has 0 aromatic heterocycles. The molecular weight excluding hydrogens is 178 g/mol. The van der Waals surface area contributed by atoms with Crippen LogP contribution in [0.4, 0.5) is 5.69 Å². The Morgan fingerprint density at radius 1 is 1.36 bits per heavy atom. The highest BCUT2D eigenvalue weighted by atomic mass is 16.5. The zero-order chi connectivity index (χ0) is 9.54. The number of likely N-dealkylation sites (N-methyl/N-ethyl adjacent to an activating group) is 1. The Morgan fingerprint density at radius 2 is 2.21 bits per heavy atom. The van der Waals surface area contributed by atoms with Gasteiger partial charge >= 0.3 is 0 Å². The Labute approximate surface area is 81.5 Å². The third-order valence-electron chi connectivity index (χ3n) is 2.24. The molecule has 0 aliphatic carbocycles. The summed E-state index contributed by atoms with van der Waals surface area (Å²) in [5.74, 6) is 2.40. The molecular formula is C10H9N3O. The zero-order valence-electron chi connectivity index (χ0n) is 7.69. The van der Waals surface area contributed by atoms with E-state index < -0.39 is 0 Å². The van der Waals surface area contributed by atoms with Gasteiger partial charge in [-0.1, -0.05) is 12.1 Å². The van der Waals surface area contributed by atoms with Crippen LogP contribution in [0.15, 0.2) is 41.2 Å². The standard InChI is InChI=1S/C10H9N3O/c1-13-10-9(6-11-13)14-8-5-3-2-4-7(8)12-10/h2-6,11H,1H3. The summed E-state index contributed by atoms with van der Waals surface area (Å²) in [5.41, 5.74) is 3.88. The van der Waals surface area contributed by atoms with Gasteiger partial charge in [-0.15, -0.1) is 0 Å². The molecule has 0 fully saturated rings. The van der Waals surface area contributed by atoms with Crippen LogP contribution >= 0.6 is 0 Å². The average molecular weight is 187 g/mol. The lowest BCUT2D eigenvalue weighted by Crippen LogP contribution is -2.31. The topological polar surface area (TPSA) is 36.9 Å². The highest BCUT2D eigenvalue weighted by molar-refractivity contribution is 6.01. The third-order valence-corrected chi connectivity index (χ3v) is 2.24. The maximum atomic E-state index is 5.65. The number of hydrogen-bond acceptors (Lipinski definition) is 4. The summed E-state index contributed by atoms with van der Waals surface area (Å²) in [4.78, 5) is 4.48. The van der Waals surface area contributed by atoms with Gasteiger partial charge in [0.15, 0.2) is 17.3 Å². The highest BCUT2D eigenvalue weighted by Gasteiger charge is 2.25. The Kier molecular flexibility index (Phi) is 1.33. The zero-order valence-corrected chi connectivity index (χ0v) is 7.69. The summed E-state index contributed by atoms with van der Waals surface area (Å²) in [6.07, 6.45) is 1.80. The van der Waals surface area contributed by atoms with Crippen molar-refractivity contribution in [3.05, 3.63) is 36.2 Å². The molecule has 0 atom stereocenters. The SMILES string of the molecule is CN1NC=C2Oc3ccccc3N=C21. The third kappa shape index (κ3) is 0.907. The second-order valence-corrected chi connectivity index (χ2v) is 3.20. The number of ether oxygens (including phenoxy) is 1. The largest absolute Gasteiger partial charge is 0.450 e. The summed E-state index contributed by atoms with van der Waals surface area (Å²) in [7, 11) is 1.90. The molecule has 2 heterocycles. The second kappa shape index (κ2) is 2.51. The number of para-hydroxylation sites is 2. The van der Waals surface area contributed by atoms with Gasteiger partial charge in [-0.25, -0.2) is 4.99 Å². The number of benzene rings is 1. The molecule has 2 aliphatic heterocycles. The molecule has 1 aromatic carbocycles. The maximum Gasteiger partial charge on any atom is 0.192 e. The Bertz CT molecular complexity index is 450. The molecule has 0 amide bonds. The van der Waals surface area contributed by atoms with Crippen molar-refractivity contribution >= 4 is 11.5 Å². The number of hydrogen-bond donors (Lipinski definition) is 1. The van der Waals surface area contributed by atoms with Crippen LogP contribution in [0.1, 0.15) is 0 Å². The molecule has 1 aromatic rings. The summed E-state index contributed by atoms with van der Waals surface area (Å²) in [6.45, 7) is 0. The van der Waals surface area contributed by atoms with E-state index in [2.05, 4.69) is 10.4 Å². The van der Waals surface area contributed by atoms with Gasteiger partial charge in [0, 0.05) is 7.05 Å². The number of nitrogens with one attached hydrogen (secondary N) is 1. The van der Waals surface area contributed by atoms with Crippen LogP contribution in [0.3, 0.4) is 0 Å². The summed E-state index contributed by atoms with van der Waals surface area (Å²) >= 11 is 0. The normalized spacial score (nSPS) is 17.4. The van der Waals surface area contributed by atoms with E-state index >= 15 is 0 Å². The first-order chi connectivity index (χ1) is 6.84. The number of aliphatic imine (C=N–C) groups is 1. The van der Waals surface area contributed by atoms with Crippen molar-refractivity contribution in [3.63, 3.8) is 0 Å². The van der Waals surface area contributed by atoms with Gasteiger partial charge in [0.05, 0.1) is 6.20 Å². The molecule has 0 radical (unpaired) electrons. The van der Waals surface area contributed by atoms with E-state index in [0.29, 0.717) is 0 Å². The minimum absolute atomic E-state index is 0.770. The molecule has 0 spiro atoms. The van der Waals surface area contributed by atoms with Gasteiger partial charge in [-0.2, -0.15) is 0 Å². The first-order valence-electron chi connectivity index (χ1n) is 4.40. The Morgan fingerprint density at radius 3 is 3.14 bits per heavy atom. The van der Waals surface area contributed by atoms with Crippen LogP contribution in [0, 0.1) is 0 Å². The van der Waals surface area contributed by atoms with E-state index in [1.165, 1.54) is 0 Å². The molecule has 70 valence electrons. The van der Waals surface area contributed by atoms with Crippen molar-refractivity contribution < 1.29 is 4.74 Å². The van der Waals surface area contributed by atoms with E-state index in [9.17, 15) is 0 Å². The van der Waals surface area contributed by atoms with Crippen LogP contribution < -0.4 is 10.2 Å². The smallest absolute Gasteiger partial charge is 0.192 e. The van der Waals surface area contributed by atoms with Gasteiger partial charge in [0.2, 0.25) is 0 Å². The predicted molar refractivity (Wildman–Crippen MR) is 53.1 cm³/mol.